The third-order valence-corrected chi connectivity index (χ3v) is 4.86. The summed E-state index contributed by atoms with van der Waals surface area (Å²) in [5.74, 6) is 0.744. The van der Waals surface area contributed by atoms with Gasteiger partial charge in [-0.15, -0.1) is 0 Å². The molecule has 0 spiro atoms. The van der Waals surface area contributed by atoms with Crippen LogP contribution in [0.3, 0.4) is 0 Å². The van der Waals surface area contributed by atoms with Crippen LogP contribution in [0.1, 0.15) is 45.1 Å². The average Bonchev–Trinajstić information content (AvgIpc) is 2.35. The molecule has 0 N–H and O–H groups in total. The van der Waals surface area contributed by atoms with E-state index in [2.05, 4.69) is 13.8 Å². The monoisotopic (exact) mass is 332 g/mol. The van der Waals surface area contributed by atoms with Gasteiger partial charge in [-0.2, -0.15) is 0 Å². The molecule has 0 amide bonds. The SMILES string of the molecule is CCCC(CCC)(COc1cccc(C)c1)CS(=O)(=O)Cl. The molecule has 0 aliphatic carbocycles. The smallest absolute Gasteiger partial charge is 0.233 e. The molecule has 0 unspecified atom stereocenters. The molecule has 0 fully saturated rings. The van der Waals surface area contributed by atoms with Gasteiger partial charge < -0.3 is 4.74 Å². The third-order valence-electron chi connectivity index (χ3n) is 3.57. The first-order chi connectivity index (χ1) is 9.80. The molecule has 0 saturated carbocycles. The van der Waals surface area contributed by atoms with Crippen molar-refractivity contribution in [2.24, 2.45) is 5.41 Å². The van der Waals surface area contributed by atoms with E-state index in [1.165, 1.54) is 0 Å². The van der Waals surface area contributed by atoms with Gasteiger partial charge in [0.05, 0.1) is 12.4 Å². The zero-order valence-corrected chi connectivity index (χ0v) is 14.6. The normalized spacial score (nSPS) is 12.4. The molecule has 0 saturated heterocycles. The minimum atomic E-state index is -3.55. The largest absolute Gasteiger partial charge is 0.493 e. The molecule has 0 aliphatic heterocycles. The van der Waals surface area contributed by atoms with Crippen molar-refractivity contribution < 1.29 is 13.2 Å². The lowest BCUT2D eigenvalue weighted by molar-refractivity contribution is 0.141. The summed E-state index contributed by atoms with van der Waals surface area (Å²) >= 11 is 0. The van der Waals surface area contributed by atoms with E-state index >= 15 is 0 Å². The van der Waals surface area contributed by atoms with E-state index in [0.717, 1.165) is 37.0 Å². The first-order valence-corrected chi connectivity index (χ1v) is 9.90. The van der Waals surface area contributed by atoms with Gasteiger partial charge in [0.2, 0.25) is 9.05 Å². The molecule has 0 radical (unpaired) electrons. The Labute approximate surface area is 133 Å². The summed E-state index contributed by atoms with van der Waals surface area (Å²) in [5.41, 5.74) is 0.711. The van der Waals surface area contributed by atoms with E-state index in [1.54, 1.807) is 0 Å². The second kappa shape index (κ2) is 8.04. The predicted octanol–water partition coefficient (Wildman–Crippen LogP) is 4.53. The number of ether oxygens (including phenoxy) is 1. The van der Waals surface area contributed by atoms with E-state index < -0.39 is 14.5 Å². The first-order valence-electron chi connectivity index (χ1n) is 7.42. The maximum Gasteiger partial charge on any atom is 0.233 e. The summed E-state index contributed by atoms with van der Waals surface area (Å²) in [7, 11) is 1.97. The molecule has 0 atom stereocenters. The number of halogens is 1. The van der Waals surface area contributed by atoms with Crippen molar-refractivity contribution in [1.82, 2.24) is 0 Å². The summed E-state index contributed by atoms with van der Waals surface area (Å²) < 4.78 is 29.0. The molecule has 120 valence electrons. The number of aryl methyl sites for hydroxylation is 1. The van der Waals surface area contributed by atoms with Crippen molar-refractivity contribution in [3.05, 3.63) is 29.8 Å². The molecular weight excluding hydrogens is 308 g/mol. The molecule has 1 aromatic carbocycles. The van der Waals surface area contributed by atoms with Gasteiger partial charge in [0.25, 0.3) is 0 Å². The second-order valence-corrected chi connectivity index (χ2v) is 8.57. The van der Waals surface area contributed by atoms with Crippen LogP contribution in [0.25, 0.3) is 0 Å². The van der Waals surface area contributed by atoms with Gasteiger partial charge in [-0.3, -0.25) is 0 Å². The van der Waals surface area contributed by atoms with Crippen LogP contribution in [0.15, 0.2) is 24.3 Å². The van der Waals surface area contributed by atoms with Crippen LogP contribution >= 0.6 is 10.7 Å². The predicted molar refractivity (Wildman–Crippen MR) is 88.6 cm³/mol. The molecule has 1 rings (SSSR count). The highest BCUT2D eigenvalue weighted by molar-refractivity contribution is 8.13. The van der Waals surface area contributed by atoms with Gasteiger partial charge >= 0.3 is 0 Å². The van der Waals surface area contributed by atoms with Crippen molar-refractivity contribution in [1.29, 1.82) is 0 Å². The third kappa shape index (κ3) is 6.70. The summed E-state index contributed by atoms with van der Waals surface area (Å²) in [5, 5.41) is 0. The van der Waals surface area contributed by atoms with Crippen molar-refractivity contribution >= 4 is 19.7 Å². The summed E-state index contributed by atoms with van der Waals surface area (Å²) in [6.45, 7) is 6.49. The van der Waals surface area contributed by atoms with Crippen LogP contribution in [-0.2, 0) is 9.05 Å². The van der Waals surface area contributed by atoms with Crippen LogP contribution in [0, 0.1) is 12.3 Å². The molecule has 0 bridgehead atoms. The quantitative estimate of drug-likeness (QED) is 0.624. The van der Waals surface area contributed by atoms with Crippen molar-refractivity contribution in [2.45, 2.75) is 46.5 Å². The zero-order chi connectivity index (χ0) is 15.9. The Balaban J connectivity index is 2.89. The van der Waals surface area contributed by atoms with Crippen molar-refractivity contribution in [3.8, 4) is 5.75 Å². The van der Waals surface area contributed by atoms with Gasteiger partial charge in [-0.25, -0.2) is 8.42 Å². The fourth-order valence-electron chi connectivity index (χ4n) is 2.82. The summed E-state index contributed by atoms with van der Waals surface area (Å²) in [6, 6.07) is 7.79. The van der Waals surface area contributed by atoms with Crippen LogP contribution < -0.4 is 4.74 Å². The minimum absolute atomic E-state index is 0.0327. The molecule has 3 nitrogen and oxygen atoms in total. The Morgan fingerprint density at radius 1 is 1.19 bits per heavy atom. The van der Waals surface area contributed by atoms with Crippen molar-refractivity contribution in [2.75, 3.05) is 12.4 Å². The van der Waals surface area contributed by atoms with Crippen molar-refractivity contribution in [3.63, 3.8) is 0 Å². The summed E-state index contributed by atoms with van der Waals surface area (Å²) in [6.07, 6.45) is 3.39. The highest BCUT2D eigenvalue weighted by Gasteiger charge is 2.34. The Hall–Kier alpha value is -0.740. The Morgan fingerprint density at radius 2 is 1.81 bits per heavy atom. The maximum absolute atomic E-state index is 11.6. The van der Waals surface area contributed by atoms with Gasteiger partial charge in [0, 0.05) is 16.1 Å². The first kappa shape index (κ1) is 18.3. The van der Waals surface area contributed by atoms with Gasteiger partial charge in [0.1, 0.15) is 5.75 Å². The lowest BCUT2D eigenvalue weighted by Crippen LogP contribution is -2.35. The number of hydrogen-bond acceptors (Lipinski definition) is 3. The Bertz CT molecular complexity index is 534. The minimum Gasteiger partial charge on any atom is -0.493 e. The topological polar surface area (TPSA) is 43.4 Å². The number of benzene rings is 1. The fourth-order valence-corrected chi connectivity index (χ4v) is 4.62. The lowest BCUT2D eigenvalue weighted by atomic mass is 9.82. The van der Waals surface area contributed by atoms with Crippen LogP contribution in [0.2, 0.25) is 0 Å². The Morgan fingerprint density at radius 3 is 2.29 bits per heavy atom. The fraction of sp³-hybridized carbons (Fsp3) is 0.625. The lowest BCUT2D eigenvalue weighted by Gasteiger charge is -2.32. The second-order valence-electron chi connectivity index (χ2n) is 5.79. The average molecular weight is 333 g/mol. The molecule has 0 heterocycles. The molecule has 5 heteroatoms. The number of rotatable bonds is 9. The van der Waals surface area contributed by atoms with Gasteiger partial charge in [-0.05, 0) is 37.5 Å². The molecule has 0 aliphatic rings. The number of hydrogen-bond donors (Lipinski definition) is 0. The molecular formula is C16H25ClO3S. The zero-order valence-electron chi connectivity index (χ0n) is 13.1. The highest BCUT2D eigenvalue weighted by Crippen LogP contribution is 2.33. The van der Waals surface area contributed by atoms with E-state index in [0.29, 0.717) is 6.61 Å². The van der Waals surface area contributed by atoms with Gasteiger partial charge in [0.15, 0.2) is 0 Å². The van der Waals surface area contributed by atoms with Crippen LogP contribution in [-0.4, -0.2) is 20.8 Å². The Kier molecular flexibility index (Phi) is 7.01. The molecule has 0 aromatic heterocycles. The molecule has 21 heavy (non-hydrogen) atoms. The molecule has 1 aromatic rings. The highest BCUT2D eigenvalue weighted by atomic mass is 35.7. The summed E-state index contributed by atoms with van der Waals surface area (Å²) in [4.78, 5) is 0. The van der Waals surface area contributed by atoms with Crippen LogP contribution in [0.4, 0.5) is 0 Å². The van der Waals surface area contributed by atoms with E-state index in [-0.39, 0.29) is 5.75 Å². The van der Waals surface area contributed by atoms with E-state index in [9.17, 15) is 8.42 Å². The standard InChI is InChI=1S/C16H25ClO3S/c1-4-9-16(10-5-2,13-21(17,18)19)12-20-15-8-6-7-14(3)11-15/h6-8,11H,4-5,9-10,12-13H2,1-3H3. The van der Waals surface area contributed by atoms with E-state index in [1.807, 2.05) is 31.2 Å². The van der Waals surface area contributed by atoms with E-state index in [4.69, 9.17) is 15.4 Å². The van der Waals surface area contributed by atoms with Gasteiger partial charge in [-0.1, -0.05) is 38.8 Å². The van der Waals surface area contributed by atoms with Crippen LogP contribution in [0.5, 0.6) is 5.75 Å². The maximum atomic E-state index is 11.6.